The lowest BCUT2D eigenvalue weighted by atomic mass is 9.98. The first-order chi connectivity index (χ1) is 17.1. The van der Waals surface area contributed by atoms with Crippen molar-refractivity contribution < 1.29 is 19.4 Å². The number of methoxy groups -OCH3 is 1. The van der Waals surface area contributed by atoms with Gasteiger partial charge in [-0.1, -0.05) is 66.2 Å². The van der Waals surface area contributed by atoms with E-state index in [1.54, 1.807) is 18.9 Å². The first kappa shape index (κ1) is 31.6. The molecule has 1 amide bonds. The quantitative estimate of drug-likeness (QED) is 0.159. The molecule has 0 aromatic heterocycles. The van der Waals surface area contributed by atoms with Crippen LogP contribution < -0.4 is 15.4 Å². The van der Waals surface area contributed by atoms with Gasteiger partial charge in [-0.3, -0.25) is 9.59 Å². The molecule has 1 rings (SSSR count). The number of ketones is 1. The highest BCUT2D eigenvalue weighted by Gasteiger charge is 2.25. The van der Waals surface area contributed by atoms with Gasteiger partial charge < -0.3 is 20.5 Å². The molecule has 0 heterocycles. The molecule has 0 spiro atoms. The topological polar surface area (TPSA) is 87.7 Å². The highest BCUT2D eigenvalue weighted by atomic mass is 32.2. The van der Waals surface area contributed by atoms with Gasteiger partial charge >= 0.3 is 0 Å². The third-order valence-corrected chi connectivity index (χ3v) is 7.14. The minimum absolute atomic E-state index is 0.00959. The fourth-order valence-corrected chi connectivity index (χ4v) is 4.95. The summed E-state index contributed by atoms with van der Waals surface area (Å²) >= 11 is 1.62. The number of nitrogens with one attached hydrogen (secondary N) is 2. The Hall–Kier alpha value is -2.41. The largest absolute Gasteiger partial charge is 0.513 e. The van der Waals surface area contributed by atoms with Crippen LogP contribution in [-0.2, 0) is 22.4 Å². The molecule has 0 fully saturated rings. The zero-order valence-corrected chi connectivity index (χ0v) is 23.6. The lowest BCUT2D eigenvalue weighted by Gasteiger charge is -2.29. The number of aryl methyl sites for hydroxylation is 1. The van der Waals surface area contributed by atoms with E-state index in [1.807, 2.05) is 32.0 Å². The third-order valence-electron chi connectivity index (χ3n) is 6.08. The second-order valence-electron chi connectivity index (χ2n) is 9.53. The van der Waals surface area contributed by atoms with E-state index < -0.39 is 6.04 Å². The predicted molar refractivity (Wildman–Crippen MR) is 152 cm³/mol. The fourth-order valence-electron chi connectivity index (χ4n) is 3.99. The van der Waals surface area contributed by atoms with E-state index in [-0.39, 0.29) is 42.3 Å². The Kier molecular flexibility index (Phi) is 15.0. The zero-order chi connectivity index (χ0) is 27.1. The van der Waals surface area contributed by atoms with Gasteiger partial charge in [-0.25, -0.2) is 0 Å². The maximum atomic E-state index is 13.0. The van der Waals surface area contributed by atoms with Gasteiger partial charge in [0, 0.05) is 12.1 Å². The van der Waals surface area contributed by atoms with Gasteiger partial charge in [-0.05, 0) is 47.8 Å². The van der Waals surface area contributed by atoms with Crippen LogP contribution in [0.4, 0.5) is 0 Å². The van der Waals surface area contributed by atoms with Crippen molar-refractivity contribution in [3.63, 3.8) is 0 Å². The van der Waals surface area contributed by atoms with Gasteiger partial charge in [0.2, 0.25) is 5.91 Å². The Bertz CT molecular complexity index is 869. The minimum atomic E-state index is -0.638. The molecule has 3 N–H and O–H groups in total. The second-order valence-corrected chi connectivity index (χ2v) is 10.6. The van der Waals surface area contributed by atoms with E-state index in [1.165, 1.54) is 19.3 Å². The third kappa shape index (κ3) is 11.5. The van der Waals surface area contributed by atoms with E-state index in [9.17, 15) is 14.7 Å². The number of hydrogen-bond acceptors (Lipinski definition) is 6. The van der Waals surface area contributed by atoms with E-state index in [4.69, 9.17) is 4.74 Å². The summed E-state index contributed by atoms with van der Waals surface area (Å²) in [7, 11) is 1.61. The van der Waals surface area contributed by atoms with Crippen molar-refractivity contribution in [2.24, 2.45) is 5.92 Å². The van der Waals surface area contributed by atoms with Crippen molar-refractivity contribution in [1.29, 1.82) is 0 Å². The molecular weight excluding hydrogens is 472 g/mol. The second kappa shape index (κ2) is 17.1. The molecule has 0 aliphatic carbocycles. The molecule has 2 atom stereocenters. The average Bonchev–Trinajstić information content (AvgIpc) is 2.83. The van der Waals surface area contributed by atoms with Crippen molar-refractivity contribution in [3.05, 3.63) is 53.9 Å². The number of aliphatic hydroxyl groups is 1. The number of unbranched alkanes of at least 4 members (excludes halogenated alkanes) is 3. The number of benzene rings is 1. The predicted octanol–water partition coefficient (Wildman–Crippen LogP) is 5.76. The van der Waals surface area contributed by atoms with E-state index in [0.29, 0.717) is 11.4 Å². The van der Waals surface area contributed by atoms with Crippen LogP contribution in [0.3, 0.4) is 0 Å². The molecule has 1 aromatic carbocycles. The number of ether oxygens (including phenoxy) is 1. The smallest absolute Gasteiger partial charge is 0.224 e. The lowest BCUT2D eigenvalue weighted by molar-refractivity contribution is -0.121. The summed E-state index contributed by atoms with van der Waals surface area (Å²) in [5.41, 5.74) is 2.58. The molecule has 0 saturated heterocycles. The molecule has 202 valence electrons. The van der Waals surface area contributed by atoms with Gasteiger partial charge in [0.15, 0.2) is 5.78 Å². The van der Waals surface area contributed by atoms with Crippen LogP contribution in [0.5, 0.6) is 5.75 Å². The highest BCUT2D eigenvalue weighted by molar-refractivity contribution is 7.99. The van der Waals surface area contributed by atoms with Crippen LogP contribution >= 0.6 is 11.8 Å². The maximum Gasteiger partial charge on any atom is 0.224 e. The lowest BCUT2D eigenvalue weighted by Crippen LogP contribution is -2.48. The minimum Gasteiger partial charge on any atom is -0.513 e. The molecule has 0 bridgehead atoms. The Balaban J connectivity index is 2.82. The number of Topliss-reactive ketones (excluding diaryl/α,β-unsaturated/α-hetero) is 1. The molecule has 7 heteroatoms. The van der Waals surface area contributed by atoms with Gasteiger partial charge in [0.1, 0.15) is 5.75 Å². The van der Waals surface area contributed by atoms with Crippen LogP contribution in [0.15, 0.2) is 42.8 Å². The number of carbonyl (C=O) groups is 2. The van der Waals surface area contributed by atoms with Crippen molar-refractivity contribution in [1.82, 2.24) is 10.6 Å². The van der Waals surface area contributed by atoms with Gasteiger partial charge in [0.05, 0.1) is 37.1 Å². The van der Waals surface area contributed by atoms with Gasteiger partial charge in [-0.15, -0.1) is 0 Å². The van der Waals surface area contributed by atoms with E-state index in [2.05, 4.69) is 37.6 Å². The molecule has 1 aromatic rings. The molecule has 0 unspecified atom stereocenters. The maximum absolute atomic E-state index is 13.0. The fraction of sp³-hybridized carbons (Fsp3) is 0.586. The first-order valence-corrected chi connectivity index (χ1v) is 14.2. The SMILES string of the molecule is C=C(O)C[C@H](NC(=C)[C@@H](NC(=O)Cc1cc(OC)ccc1CC)C(C)C)C(=O)CSCCCCCC. The number of amides is 1. The van der Waals surface area contributed by atoms with Crippen LogP contribution in [0.25, 0.3) is 0 Å². The van der Waals surface area contributed by atoms with Crippen LogP contribution in [0.2, 0.25) is 0 Å². The molecule has 0 radical (unpaired) electrons. The molecule has 6 nitrogen and oxygen atoms in total. The summed E-state index contributed by atoms with van der Waals surface area (Å²) in [5, 5.41) is 16.1. The van der Waals surface area contributed by atoms with Gasteiger partial charge in [-0.2, -0.15) is 11.8 Å². The Morgan fingerprint density at radius 1 is 1.08 bits per heavy atom. The Labute approximate surface area is 222 Å². The number of aliphatic hydroxyl groups excluding tert-OH is 1. The molecular formula is C29H46N2O4S. The standard InChI is InChI=1S/C29H46N2O4S/c1-8-10-11-12-15-36-19-27(33)26(16-21(5)32)30-22(6)29(20(3)4)31-28(34)18-24-17-25(35-7)14-13-23(24)9-2/h13-14,17,20,26,29-30,32H,5-6,8-12,15-16,18-19H2,1-4,7H3,(H,31,34)/t26-,29-/m0/s1. The number of rotatable bonds is 19. The number of thioether (sulfide) groups is 1. The van der Waals surface area contributed by atoms with E-state index in [0.717, 1.165) is 35.5 Å². The van der Waals surface area contributed by atoms with Crippen LogP contribution in [0.1, 0.15) is 70.9 Å². The summed E-state index contributed by atoms with van der Waals surface area (Å²) in [4.78, 5) is 25.9. The van der Waals surface area contributed by atoms with Crippen LogP contribution in [-0.4, -0.2) is 47.5 Å². The van der Waals surface area contributed by atoms with E-state index >= 15 is 0 Å². The summed E-state index contributed by atoms with van der Waals surface area (Å²) in [6.07, 6.45) is 5.82. The van der Waals surface area contributed by atoms with Crippen molar-refractivity contribution in [2.75, 3.05) is 18.6 Å². The number of carbonyl (C=O) groups excluding carboxylic acids is 2. The Morgan fingerprint density at radius 2 is 1.81 bits per heavy atom. The normalized spacial score (nSPS) is 12.6. The first-order valence-electron chi connectivity index (χ1n) is 13.0. The van der Waals surface area contributed by atoms with Gasteiger partial charge in [0.25, 0.3) is 0 Å². The summed E-state index contributed by atoms with van der Waals surface area (Å²) < 4.78 is 5.33. The molecule has 0 saturated carbocycles. The highest BCUT2D eigenvalue weighted by Crippen LogP contribution is 2.20. The molecule has 0 aliphatic rings. The zero-order valence-electron chi connectivity index (χ0n) is 22.8. The molecule has 0 aliphatic heterocycles. The number of hydrogen-bond donors (Lipinski definition) is 3. The summed E-state index contributed by atoms with van der Waals surface area (Å²) in [6, 6.07) is 4.77. The van der Waals surface area contributed by atoms with Crippen LogP contribution in [0, 0.1) is 5.92 Å². The van der Waals surface area contributed by atoms with Crippen molar-refractivity contribution in [3.8, 4) is 5.75 Å². The summed E-state index contributed by atoms with van der Waals surface area (Å²) in [6.45, 7) is 15.9. The van der Waals surface area contributed by atoms with Crippen molar-refractivity contribution >= 4 is 23.5 Å². The van der Waals surface area contributed by atoms with Crippen molar-refractivity contribution in [2.45, 2.75) is 84.7 Å². The monoisotopic (exact) mass is 518 g/mol. The summed E-state index contributed by atoms with van der Waals surface area (Å²) in [5.74, 6) is 1.87. The Morgan fingerprint density at radius 3 is 2.39 bits per heavy atom. The average molecular weight is 519 g/mol. The molecule has 36 heavy (non-hydrogen) atoms.